The van der Waals surface area contributed by atoms with Gasteiger partial charge in [-0.15, -0.1) is 0 Å². The maximum atomic E-state index is 11.1. The summed E-state index contributed by atoms with van der Waals surface area (Å²) >= 11 is 3.35. The summed E-state index contributed by atoms with van der Waals surface area (Å²) in [4.78, 5) is 10.7. The highest BCUT2D eigenvalue weighted by molar-refractivity contribution is 9.10. The zero-order chi connectivity index (χ0) is 15.5. The van der Waals surface area contributed by atoms with E-state index in [0.29, 0.717) is 12.2 Å². The van der Waals surface area contributed by atoms with Crippen LogP contribution in [0.3, 0.4) is 0 Å². The van der Waals surface area contributed by atoms with Crippen molar-refractivity contribution in [3.05, 3.63) is 68.7 Å². The third kappa shape index (κ3) is 3.82. The number of anilines is 1. The number of nitro groups is 1. The van der Waals surface area contributed by atoms with Crippen LogP contribution in [-0.4, -0.2) is 11.5 Å². The molecule has 2 rings (SSSR count). The lowest BCUT2D eigenvalue weighted by molar-refractivity contribution is -0.384. The maximum Gasteiger partial charge on any atom is 0.292 e. The fourth-order valence-electron chi connectivity index (χ4n) is 2.12. The van der Waals surface area contributed by atoms with Crippen molar-refractivity contribution in [2.45, 2.75) is 19.3 Å². The molecule has 2 aromatic rings. The second kappa shape index (κ2) is 6.26. The monoisotopic (exact) mass is 348 g/mol. The van der Waals surface area contributed by atoms with Crippen LogP contribution in [0.5, 0.6) is 0 Å². The smallest absolute Gasteiger partial charge is 0.292 e. The molecule has 0 saturated heterocycles. The molecule has 5 heteroatoms. The second-order valence-corrected chi connectivity index (χ2v) is 6.44. The first-order valence-corrected chi connectivity index (χ1v) is 7.43. The third-order valence-corrected chi connectivity index (χ3v) is 3.92. The van der Waals surface area contributed by atoms with E-state index in [-0.39, 0.29) is 16.0 Å². The fourth-order valence-corrected chi connectivity index (χ4v) is 2.48. The number of nitrogens with one attached hydrogen (secondary N) is 1. The average Bonchev–Trinajstić information content (AvgIpc) is 2.46. The van der Waals surface area contributed by atoms with Crippen LogP contribution in [-0.2, 0) is 5.41 Å². The molecule has 0 radical (unpaired) electrons. The largest absolute Gasteiger partial charge is 0.379 e. The van der Waals surface area contributed by atoms with Gasteiger partial charge in [0, 0.05) is 22.5 Å². The van der Waals surface area contributed by atoms with Gasteiger partial charge >= 0.3 is 0 Å². The quantitative estimate of drug-likeness (QED) is 0.626. The SMILES string of the molecule is CC(C)(CNc1cc(Br)ccc1[N+](=O)[O-])c1ccccc1. The molecule has 0 atom stereocenters. The van der Waals surface area contributed by atoms with Crippen LogP contribution in [0.1, 0.15) is 19.4 Å². The Kier molecular flexibility index (Phi) is 4.63. The van der Waals surface area contributed by atoms with E-state index in [1.165, 1.54) is 11.6 Å². The van der Waals surface area contributed by atoms with E-state index in [9.17, 15) is 10.1 Å². The predicted octanol–water partition coefficient (Wildman–Crippen LogP) is 4.75. The zero-order valence-corrected chi connectivity index (χ0v) is 13.6. The first-order chi connectivity index (χ1) is 9.90. The van der Waals surface area contributed by atoms with E-state index in [1.807, 2.05) is 18.2 Å². The Morgan fingerprint density at radius 3 is 2.48 bits per heavy atom. The molecular weight excluding hydrogens is 332 g/mol. The molecule has 0 aliphatic carbocycles. The van der Waals surface area contributed by atoms with Gasteiger partial charge in [-0.1, -0.05) is 60.1 Å². The van der Waals surface area contributed by atoms with Gasteiger partial charge in [-0.25, -0.2) is 0 Å². The molecule has 0 spiro atoms. The minimum atomic E-state index is -0.371. The molecule has 4 nitrogen and oxygen atoms in total. The number of nitrogens with zero attached hydrogens (tertiary/aromatic N) is 1. The molecule has 0 aliphatic heterocycles. The van der Waals surface area contributed by atoms with E-state index in [4.69, 9.17) is 0 Å². The third-order valence-electron chi connectivity index (χ3n) is 3.43. The highest BCUT2D eigenvalue weighted by Gasteiger charge is 2.22. The van der Waals surface area contributed by atoms with Crippen LogP contribution >= 0.6 is 15.9 Å². The van der Waals surface area contributed by atoms with Gasteiger partial charge in [0.05, 0.1) is 4.92 Å². The molecule has 0 unspecified atom stereocenters. The summed E-state index contributed by atoms with van der Waals surface area (Å²) in [7, 11) is 0. The lowest BCUT2D eigenvalue weighted by atomic mass is 9.84. The summed E-state index contributed by atoms with van der Waals surface area (Å²) in [6.45, 7) is 4.83. The van der Waals surface area contributed by atoms with Crippen LogP contribution in [0.25, 0.3) is 0 Å². The molecule has 0 saturated carbocycles. The molecule has 0 heterocycles. The van der Waals surface area contributed by atoms with E-state index >= 15 is 0 Å². The Morgan fingerprint density at radius 1 is 1.19 bits per heavy atom. The van der Waals surface area contributed by atoms with Crippen LogP contribution in [0, 0.1) is 10.1 Å². The van der Waals surface area contributed by atoms with Gasteiger partial charge in [0.1, 0.15) is 5.69 Å². The number of nitro benzene ring substituents is 1. The molecule has 1 N–H and O–H groups in total. The van der Waals surface area contributed by atoms with Gasteiger partial charge in [-0.2, -0.15) is 0 Å². The van der Waals surface area contributed by atoms with Crippen molar-refractivity contribution in [3.63, 3.8) is 0 Å². The minimum Gasteiger partial charge on any atom is -0.379 e. The molecule has 0 aromatic heterocycles. The van der Waals surface area contributed by atoms with Crippen molar-refractivity contribution < 1.29 is 4.92 Å². The Morgan fingerprint density at radius 2 is 1.86 bits per heavy atom. The Labute approximate surface area is 132 Å². The maximum absolute atomic E-state index is 11.1. The van der Waals surface area contributed by atoms with Crippen LogP contribution < -0.4 is 5.32 Å². The molecule has 0 aliphatic rings. The van der Waals surface area contributed by atoms with Crippen LogP contribution in [0.2, 0.25) is 0 Å². The van der Waals surface area contributed by atoms with Gasteiger partial charge in [0.2, 0.25) is 0 Å². The molecule has 110 valence electrons. The van der Waals surface area contributed by atoms with Crippen molar-refractivity contribution in [1.29, 1.82) is 0 Å². The van der Waals surface area contributed by atoms with Crippen molar-refractivity contribution in [1.82, 2.24) is 0 Å². The minimum absolute atomic E-state index is 0.0852. The number of hydrogen-bond acceptors (Lipinski definition) is 3. The highest BCUT2D eigenvalue weighted by atomic mass is 79.9. The number of benzene rings is 2. The average molecular weight is 349 g/mol. The zero-order valence-electron chi connectivity index (χ0n) is 12.0. The van der Waals surface area contributed by atoms with Crippen molar-refractivity contribution in [2.75, 3.05) is 11.9 Å². The standard InChI is InChI=1S/C16H17BrN2O2/c1-16(2,12-6-4-3-5-7-12)11-18-14-10-13(17)8-9-15(14)19(20)21/h3-10,18H,11H2,1-2H3. The summed E-state index contributed by atoms with van der Waals surface area (Å²) in [5.74, 6) is 0. The predicted molar refractivity (Wildman–Crippen MR) is 88.8 cm³/mol. The van der Waals surface area contributed by atoms with E-state index in [0.717, 1.165) is 4.47 Å². The topological polar surface area (TPSA) is 55.2 Å². The summed E-state index contributed by atoms with van der Waals surface area (Å²) in [5, 5.41) is 14.3. The van der Waals surface area contributed by atoms with Crippen molar-refractivity contribution >= 4 is 27.3 Å². The number of rotatable bonds is 5. The number of hydrogen-bond donors (Lipinski definition) is 1. The summed E-state index contributed by atoms with van der Waals surface area (Å²) in [6.07, 6.45) is 0. The molecule has 0 amide bonds. The van der Waals surface area contributed by atoms with Gasteiger partial charge < -0.3 is 5.32 Å². The molecule has 0 bridgehead atoms. The van der Waals surface area contributed by atoms with E-state index in [1.54, 1.807) is 12.1 Å². The Bertz CT molecular complexity index is 642. The van der Waals surface area contributed by atoms with E-state index < -0.39 is 0 Å². The number of halogens is 1. The Hall–Kier alpha value is -1.88. The molecule has 21 heavy (non-hydrogen) atoms. The first kappa shape index (κ1) is 15.5. The normalized spacial score (nSPS) is 11.2. The van der Waals surface area contributed by atoms with Crippen molar-refractivity contribution in [2.24, 2.45) is 0 Å². The summed E-state index contributed by atoms with van der Waals surface area (Å²) < 4.78 is 0.813. The van der Waals surface area contributed by atoms with Crippen molar-refractivity contribution in [3.8, 4) is 0 Å². The Balaban J connectivity index is 2.20. The summed E-state index contributed by atoms with van der Waals surface area (Å²) in [6, 6.07) is 15.0. The van der Waals surface area contributed by atoms with Crippen LogP contribution in [0.15, 0.2) is 53.0 Å². The fraction of sp³-hybridized carbons (Fsp3) is 0.250. The van der Waals surface area contributed by atoms with E-state index in [2.05, 4.69) is 47.2 Å². The first-order valence-electron chi connectivity index (χ1n) is 6.63. The summed E-state index contributed by atoms with van der Waals surface area (Å²) in [5.41, 5.74) is 1.67. The molecule has 0 fully saturated rings. The van der Waals surface area contributed by atoms with Gasteiger partial charge in [-0.05, 0) is 17.7 Å². The van der Waals surface area contributed by atoms with Gasteiger partial charge in [0.15, 0.2) is 0 Å². The van der Waals surface area contributed by atoms with Gasteiger partial charge in [-0.3, -0.25) is 10.1 Å². The van der Waals surface area contributed by atoms with Crippen LogP contribution in [0.4, 0.5) is 11.4 Å². The lowest BCUT2D eigenvalue weighted by Gasteiger charge is -2.26. The lowest BCUT2D eigenvalue weighted by Crippen LogP contribution is -2.27. The van der Waals surface area contributed by atoms with Gasteiger partial charge in [0.25, 0.3) is 5.69 Å². The molecular formula is C16H17BrN2O2. The second-order valence-electron chi connectivity index (χ2n) is 5.52. The molecule has 2 aromatic carbocycles. The highest BCUT2D eigenvalue weighted by Crippen LogP contribution is 2.30.